The molecule has 2 aromatic rings. The maximum atomic E-state index is 5.72. The van der Waals surface area contributed by atoms with Crippen LogP contribution in [0.2, 0.25) is 0 Å². The predicted octanol–water partition coefficient (Wildman–Crippen LogP) is 2.43. The zero-order valence-corrected chi connectivity index (χ0v) is 10.1. The third-order valence-corrected chi connectivity index (χ3v) is 2.92. The minimum Gasteiger partial charge on any atom is -0.394 e. The molecule has 0 aliphatic heterocycles. The fourth-order valence-corrected chi connectivity index (χ4v) is 1.73. The maximum absolute atomic E-state index is 5.72. The molecule has 16 heavy (non-hydrogen) atoms. The second-order valence-electron chi connectivity index (χ2n) is 3.27. The number of aromatic nitrogens is 2. The van der Waals surface area contributed by atoms with Crippen molar-refractivity contribution in [2.45, 2.75) is 6.54 Å². The summed E-state index contributed by atoms with van der Waals surface area (Å²) in [7, 11) is 0. The lowest BCUT2D eigenvalue weighted by molar-refractivity contribution is 1.08. The summed E-state index contributed by atoms with van der Waals surface area (Å²) in [5.74, 6) is 0.658. The molecule has 0 unspecified atom stereocenters. The molecule has 82 valence electrons. The SMILES string of the molecule is Nc1cncnc1NCc1ccccc1Br. The smallest absolute Gasteiger partial charge is 0.152 e. The van der Waals surface area contributed by atoms with E-state index in [-0.39, 0.29) is 0 Å². The molecule has 5 heteroatoms. The van der Waals surface area contributed by atoms with Crippen LogP contribution in [0.5, 0.6) is 0 Å². The summed E-state index contributed by atoms with van der Waals surface area (Å²) in [4.78, 5) is 7.89. The molecule has 0 fully saturated rings. The molecule has 3 N–H and O–H groups in total. The summed E-state index contributed by atoms with van der Waals surface area (Å²) in [5.41, 5.74) is 7.43. The van der Waals surface area contributed by atoms with Crippen LogP contribution in [0.1, 0.15) is 5.56 Å². The highest BCUT2D eigenvalue weighted by Crippen LogP contribution is 2.18. The van der Waals surface area contributed by atoms with E-state index in [4.69, 9.17) is 5.73 Å². The lowest BCUT2D eigenvalue weighted by Crippen LogP contribution is -2.05. The number of hydrogen-bond donors (Lipinski definition) is 2. The van der Waals surface area contributed by atoms with Gasteiger partial charge in [0.2, 0.25) is 0 Å². The zero-order chi connectivity index (χ0) is 11.4. The number of nitrogens with zero attached hydrogens (tertiary/aromatic N) is 2. The molecular weight excluding hydrogens is 268 g/mol. The van der Waals surface area contributed by atoms with Crippen molar-refractivity contribution < 1.29 is 0 Å². The fourth-order valence-electron chi connectivity index (χ4n) is 1.31. The van der Waals surface area contributed by atoms with E-state index in [1.54, 1.807) is 6.20 Å². The van der Waals surface area contributed by atoms with Crippen molar-refractivity contribution >= 4 is 27.4 Å². The molecule has 1 aromatic heterocycles. The Balaban J connectivity index is 2.09. The zero-order valence-electron chi connectivity index (χ0n) is 8.52. The number of anilines is 2. The highest BCUT2D eigenvalue weighted by molar-refractivity contribution is 9.10. The van der Waals surface area contributed by atoms with Crippen molar-refractivity contribution in [1.82, 2.24) is 9.97 Å². The number of halogens is 1. The minimum atomic E-state index is 0.551. The summed E-state index contributed by atoms with van der Waals surface area (Å²) in [6, 6.07) is 8.01. The van der Waals surface area contributed by atoms with Crippen molar-refractivity contribution in [1.29, 1.82) is 0 Å². The number of nitrogens with one attached hydrogen (secondary N) is 1. The van der Waals surface area contributed by atoms with Gasteiger partial charge in [-0.1, -0.05) is 34.1 Å². The van der Waals surface area contributed by atoms with Gasteiger partial charge in [-0.25, -0.2) is 9.97 Å². The van der Waals surface area contributed by atoms with E-state index in [0.717, 1.165) is 10.0 Å². The first-order chi connectivity index (χ1) is 7.77. The van der Waals surface area contributed by atoms with Crippen LogP contribution in [0.15, 0.2) is 41.3 Å². The summed E-state index contributed by atoms with van der Waals surface area (Å²) < 4.78 is 1.06. The first-order valence-corrected chi connectivity index (χ1v) is 5.59. The molecule has 0 spiro atoms. The van der Waals surface area contributed by atoms with Gasteiger partial charge in [-0.15, -0.1) is 0 Å². The van der Waals surface area contributed by atoms with Crippen LogP contribution >= 0.6 is 15.9 Å². The van der Waals surface area contributed by atoms with Crippen LogP contribution in [-0.4, -0.2) is 9.97 Å². The molecule has 0 amide bonds. The highest BCUT2D eigenvalue weighted by Gasteiger charge is 2.01. The van der Waals surface area contributed by atoms with Crippen molar-refractivity contribution in [3.05, 3.63) is 46.8 Å². The summed E-state index contributed by atoms with van der Waals surface area (Å²) in [6.07, 6.45) is 3.05. The van der Waals surface area contributed by atoms with E-state index in [1.807, 2.05) is 24.3 Å². The average molecular weight is 279 g/mol. The van der Waals surface area contributed by atoms with Crippen LogP contribution in [-0.2, 0) is 6.54 Å². The van der Waals surface area contributed by atoms with E-state index < -0.39 is 0 Å². The average Bonchev–Trinajstić information content (AvgIpc) is 2.30. The molecule has 0 saturated heterocycles. The molecule has 1 aromatic carbocycles. The Morgan fingerprint density at radius 2 is 2.12 bits per heavy atom. The van der Waals surface area contributed by atoms with Gasteiger partial charge in [0.05, 0.1) is 11.9 Å². The van der Waals surface area contributed by atoms with Gasteiger partial charge >= 0.3 is 0 Å². The second kappa shape index (κ2) is 4.94. The third kappa shape index (κ3) is 2.49. The number of rotatable bonds is 3. The molecule has 0 bridgehead atoms. The normalized spacial score (nSPS) is 10.1. The van der Waals surface area contributed by atoms with Gasteiger partial charge in [0.15, 0.2) is 5.82 Å². The Kier molecular flexibility index (Phi) is 3.36. The fraction of sp³-hybridized carbons (Fsp3) is 0.0909. The van der Waals surface area contributed by atoms with Crippen LogP contribution in [0.25, 0.3) is 0 Å². The standard InChI is InChI=1S/C11H11BrN4/c12-9-4-2-1-3-8(9)5-15-11-10(13)6-14-7-16-11/h1-4,6-7H,5,13H2,(H,14,15,16). The number of benzene rings is 1. The van der Waals surface area contributed by atoms with Crippen LogP contribution < -0.4 is 11.1 Å². The van der Waals surface area contributed by atoms with Crippen molar-refractivity contribution in [2.75, 3.05) is 11.1 Å². The van der Waals surface area contributed by atoms with Gasteiger partial charge in [0, 0.05) is 11.0 Å². The van der Waals surface area contributed by atoms with Gasteiger partial charge in [-0.05, 0) is 11.6 Å². The molecule has 2 rings (SSSR count). The third-order valence-electron chi connectivity index (χ3n) is 2.14. The van der Waals surface area contributed by atoms with E-state index in [0.29, 0.717) is 18.1 Å². The quantitative estimate of drug-likeness (QED) is 0.905. The molecule has 0 atom stereocenters. The minimum absolute atomic E-state index is 0.551. The molecule has 0 saturated carbocycles. The van der Waals surface area contributed by atoms with Gasteiger partial charge < -0.3 is 11.1 Å². The number of nitrogens with two attached hydrogens (primary N) is 1. The molecule has 0 aliphatic rings. The first kappa shape index (κ1) is 10.9. The maximum Gasteiger partial charge on any atom is 0.152 e. The van der Waals surface area contributed by atoms with Crippen LogP contribution in [0.4, 0.5) is 11.5 Å². The summed E-state index contributed by atoms with van der Waals surface area (Å²) in [5, 5.41) is 3.16. The van der Waals surface area contributed by atoms with Gasteiger partial charge in [-0.2, -0.15) is 0 Å². The van der Waals surface area contributed by atoms with Crippen LogP contribution in [0, 0.1) is 0 Å². The lowest BCUT2D eigenvalue weighted by Gasteiger charge is -2.08. The van der Waals surface area contributed by atoms with Crippen molar-refractivity contribution in [3.8, 4) is 0 Å². The number of nitrogen functional groups attached to an aromatic ring is 1. The predicted molar refractivity (Wildman–Crippen MR) is 67.9 cm³/mol. The Bertz CT molecular complexity index is 441. The van der Waals surface area contributed by atoms with Gasteiger partial charge in [0.1, 0.15) is 6.33 Å². The Morgan fingerprint density at radius 3 is 2.88 bits per heavy atom. The molecule has 1 heterocycles. The van der Waals surface area contributed by atoms with Gasteiger partial charge in [0.25, 0.3) is 0 Å². The topological polar surface area (TPSA) is 63.8 Å². The second-order valence-corrected chi connectivity index (χ2v) is 4.13. The Labute approximate surface area is 102 Å². The molecular formula is C11H11BrN4. The van der Waals surface area contributed by atoms with E-state index in [1.165, 1.54) is 6.33 Å². The first-order valence-electron chi connectivity index (χ1n) is 4.80. The van der Waals surface area contributed by atoms with Crippen molar-refractivity contribution in [3.63, 3.8) is 0 Å². The molecule has 4 nitrogen and oxygen atoms in total. The lowest BCUT2D eigenvalue weighted by atomic mass is 10.2. The van der Waals surface area contributed by atoms with Crippen molar-refractivity contribution in [2.24, 2.45) is 0 Å². The largest absolute Gasteiger partial charge is 0.394 e. The Morgan fingerprint density at radius 1 is 1.31 bits per heavy atom. The number of hydrogen-bond acceptors (Lipinski definition) is 4. The monoisotopic (exact) mass is 278 g/mol. The van der Waals surface area contributed by atoms with E-state index >= 15 is 0 Å². The summed E-state index contributed by atoms with van der Waals surface area (Å²) in [6.45, 7) is 0.669. The molecule has 0 radical (unpaired) electrons. The van der Waals surface area contributed by atoms with Gasteiger partial charge in [-0.3, -0.25) is 0 Å². The van der Waals surface area contributed by atoms with Crippen LogP contribution in [0.3, 0.4) is 0 Å². The van der Waals surface area contributed by atoms with E-state index in [9.17, 15) is 0 Å². The summed E-state index contributed by atoms with van der Waals surface area (Å²) >= 11 is 3.48. The Hall–Kier alpha value is -1.62. The van der Waals surface area contributed by atoms with E-state index in [2.05, 4.69) is 31.2 Å². The highest BCUT2D eigenvalue weighted by atomic mass is 79.9. The molecule has 0 aliphatic carbocycles.